The van der Waals surface area contributed by atoms with Crippen LogP contribution in [-0.2, 0) is 16.1 Å². The molecular weight excluding hydrogens is 329 g/mol. The Kier molecular flexibility index (Phi) is 6.33. The first-order valence-corrected chi connectivity index (χ1v) is 7.43. The van der Waals surface area contributed by atoms with Crippen molar-refractivity contribution in [2.45, 2.75) is 6.61 Å². The van der Waals surface area contributed by atoms with Crippen molar-refractivity contribution in [1.82, 2.24) is 5.32 Å². The van der Waals surface area contributed by atoms with Gasteiger partial charge in [0, 0.05) is 17.2 Å². The maximum absolute atomic E-state index is 13.4. The number of benzene rings is 2. The minimum atomic E-state index is -0.675. The van der Waals surface area contributed by atoms with E-state index in [2.05, 4.69) is 5.32 Å². The van der Waals surface area contributed by atoms with E-state index in [0.29, 0.717) is 11.5 Å². The third-order valence-corrected chi connectivity index (χ3v) is 3.35. The molecule has 1 amide bonds. The fourth-order valence-electron chi connectivity index (χ4n) is 2.02. The van der Waals surface area contributed by atoms with E-state index < -0.39 is 17.7 Å². The number of halogens is 1. The van der Waals surface area contributed by atoms with Crippen molar-refractivity contribution in [2.24, 2.45) is 0 Å². The molecule has 0 saturated carbocycles. The molecule has 0 aromatic heterocycles. The first-order valence-electron chi connectivity index (χ1n) is 7.43. The van der Waals surface area contributed by atoms with Gasteiger partial charge in [-0.05, 0) is 18.2 Å². The second-order valence-electron chi connectivity index (χ2n) is 5.04. The molecule has 0 aliphatic heterocycles. The number of carbonyl (C=O) groups excluding carboxylic acids is 2. The highest BCUT2D eigenvalue weighted by Crippen LogP contribution is 2.22. The lowest BCUT2D eigenvalue weighted by Crippen LogP contribution is -2.30. The van der Waals surface area contributed by atoms with Crippen LogP contribution >= 0.6 is 0 Å². The summed E-state index contributed by atoms with van der Waals surface area (Å²) in [5.41, 5.74) is 0.540. The van der Waals surface area contributed by atoms with Crippen molar-refractivity contribution >= 4 is 11.9 Å². The first-order chi connectivity index (χ1) is 12.0. The molecular formula is C18H18FNO5. The second-order valence-corrected chi connectivity index (χ2v) is 5.04. The average molecular weight is 347 g/mol. The molecule has 1 N–H and O–H groups in total. The van der Waals surface area contributed by atoms with Gasteiger partial charge < -0.3 is 19.5 Å². The number of ether oxygens (including phenoxy) is 3. The smallest absolute Gasteiger partial charge is 0.325 e. The predicted octanol–water partition coefficient (Wildman–Crippen LogP) is 2.32. The van der Waals surface area contributed by atoms with E-state index in [1.807, 2.05) is 0 Å². The number of amides is 1. The van der Waals surface area contributed by atoms with Gasteiger partial charge in [0.1, 0.15) is 30.5 Å². The van der Waals surface area contributed by atoms with Gasteiger partial charge in [-0.1, -0.05) is 18.2 Å². The van der Waals surface area contributed by atoms with Crippen molar-refractivity contribution in [3.63, 3.8) is 0 Å². The summed E-state index contributed by atoms with van der Waals surface area (Å²) in [4.78, 5) is 23.8. The lowest BCUT2D eigenvalue weighted by atomic mass is 10.2. The number of carbonyl (C=O) groups is 2. The zero-order chi connectivity index (χ0) is 18.2. The molecule has 0 aliphatic carbocycles. The molecule has 0 spiro atoms. The number of hydrogen-bond donors (Lipinski definition) is 1. The predicted molar refractivity (Wildman–Crippen MR) is 88.1 cm³/mol. The molecule has 0 atom stereocenters. The van der Waals surface area contributed by atoms with Crippen LogP contribution in [0.5, 0.6) is 11.5 Å². The summed E-state index contributed by atoms with van der Waals surface area (Å²) < 4.78 is 28.5. The monoisotopic (exact) mass is 347 g/mol. The van der Waals surface area contributed by atoms with E-state index >= 15 is 0 Å². The molecule has 6 nitrogen and oxygen atoms in total. The molecule has 0 unspecified atom stereocenters. The summed E-state index contributed by atoms with van der Waals surface area (Å²) in [5.74, 6) is -0.715. The normalized spacial score (nSPS) is 10.0. The fourth-order valence-corrected chi connectivity index (χ4v) is 2.02. The molecule has 2 aromatic carbocycles. The molecule has 0 aliphatic rings. The van der Waals surface area contributed by atoms with Gasteiger partial charge in [-0.3, -0.25) is 9.59 Å². The van der Waals surface area contributed by atoms with Gasteiger partial charge >= 0.3 is 5.97 Å². The molecule has 0 radical (unpaired) electrons. The van der Waals surface area contributed by atoms with Crippen LogP contribution in [0.3, 0.4) is 0 Å². The third-order valence-electron chi connectivity index (χ3n) is 3.35. The standard InChI is InChI=1S/C18H18FNO5/c1-23-14-7-13(8-15(9-14)24-2)18(22)20-10-17(21)25-11-12-5-3-4-6-16(12)19/h3-9H,10-11H2,1-2H3,(H,20,22). The van der Waals surface area contributed by atoms with E-state index in [1.54, 1.807) is 18.2 Å². The quantitative estimate of drug-likeness (QED) is 0.778. The van der Waals surface area contributed by atoms with Crippen molar-refractivity contribution < 1.29 is 28.2 Å². The van der Waals surface area contributed by atoms with Crippen LogP contribution in [0.1, 0.15) is 15.9 Å². The van der Waals surface area contributed by atoms with Crippen molar-refractivity contribution in [3.05, 3.63) is 59.4 Å². The maximum Gasteiger partial charge on any atom is 0.325 e. The van der Waals surface area contributed by atoms with E-state index in [-0.39, 0.29) is 24.3 Å². The summed E-state index contributed by atoms with van der Waals surface area (Å²) in [7, 11) is 2.94. The molecule has 0 fully saturated rings. The molecule has 0 heterocycles. The highest BCUT2D eigenvalue weighted by atomic mass is 19.1. The van der Waals surface area contributed by atoms with Gasteiger partial charge in [-0.2, -0.15) is 0 Å². The van der Waals surface area contributed by atoms with Gasteiger partial charge in [0.25, 0.3) is 5.91 Å². The Morgan fingerprint density at radius 2 is 1.68 bits per heavy atom. The average Bonchev–Trinajstić information content (AvgIpc) is 2.64. The van der Waals surface area contributed by atoms with Crippen LogP contribution in [0, 0.1) is 5.82 Å². The zero-order valence-corrected chi connectivity index (χ0v) is 13.9. The third kappa shape index (κ3) is 5.20. The Balaban J connectivity index is 1.89. The lowest BCUT2D eigenvalue weighted by molar-refractivity contribution is -0.143. The topological polar surface area (TPSA) is 73.9 Å². The minimum Gasteiger partial charge on any atom is -0.497 e. The van der Waals surface area contributed by atoms with E-state index in [1.165, 1.54) is 38.5 Å². The number of methoxy groups -OCH3 is 2. The van der Waals surface area contributed by atoms with Crippen molar-refractivity contribution in [3.8, 4) is 11.5 Å². The highest BCUT2D eigenvalue weighted by Gasteiger charge is 2.12. The van der Waals surface area contributed by atoms with Gasteiger partial charge in [-0.25, -0.2) is 4.39 Å². The molecule has 2 rings (SSSR count). The summed E-state index contributed by atoms with van der Waals surface area (Å²) in [6, 6.07) is 10.6. The SMILES string of the molecule is COc1cc(OC)cc(C(=O)NCC(=O)OCc2ccccc2F)c1. The Hall–Kier alpha value is -3.09. The summed E-state index contributed by atoms with van der Waals surface area (Å²) in [6.45, 7) is -0.541. The van der Waals surface area contributed by atoms with Crippen molar-refractivity contribution in [2.75, 3.05) is 20.8 Å². The molecule has 2 aromatic rings. The van der Waals surface area contributed by atoms with Gasteiger partial charge in [0.15, 0.2) is 0 Å². The molecule has 0 saturated heterocycles. The first kappa shape index (κ1) is 18.3. The van der Waals surface area contributed by atoms with Gasteiger partial charge in [0.2, 0.25) is 0 Å². The molecule has 7 heteroatoms. The maximum atomic E-state index is 13.4. The fraction of sp³-hybridized carbons (Fsp3) is 0.222. The zero-order valence-electron chi connectivity index (χ0n) is 13.9. The van der Waals surface area contributed by atoms with Crippen LogP contribution in [-0.4, -0.2) is 32.6 Å². The number of nitrogens with one attached hydrogen (secondary N) is 1. The van der Waals surface area contributed by atoms with Crippen LogP contribution in [0.2, 0.25) is 0 Å². The molecule has 25 heavy (non-hydrogen) atoms. The number of rotatable bonds is 7. The van der Waals surface area contributed by atoms with Gasteiger partial charge in [0.05, 0.1) is 14.2 Å². The Bertz CT molecular complexity index is 741. The molecule has 0 bridgehead atoms. The molecule has 132 valence electrons. The van der Waals surface area contributed by atoms with Gasteiger partial charge in [-0.15, -0.1) is 0 Å². The van der Waals surface area contributed by atoms with Crippen molar-refractivity contribution in [1.29, 1.82) is 0 Å². The second kappa shape index (κ2) is 8.68. The number of esters is 1. The van der Waals surface area contributed by atoms with Crippen LogP contribution in [0.4, 0.5) is 4.39 Å². The van der Waals surface area contributed by atoms with E-state index in [0.717, 1.165) is 0 Å². The lowest BCUT2D eigenvalue weighted by Gasteiger charge is -2.09. The largest absolute Gasteiger partial charge is 0.497 e. The Morgan fingerprint density at radius 1 is 1.04 bits per heavy atom. The van der Waals surface area contributed by atoms with E-state index in [4.69, 9.17) is 14.2 Å². The van der Waals surface area contributed by atoms with Crippen LogP contribution < -0.4 is 14.8 Å². The summed E-state index contributed by atoms with van der Waals surface area (Å²) in [6.07, 6.45) is 0. The highest BCUT2D eigenvalue weighted by molar-refractivity contribution is 5.96. The minimum absolute atomic E-state index is 0.200. The Morgan fingerprint density at radius 3 is 2.28 bits per heavy atom. The Labute approximate surface area is 144 Å². The summed E-state index contributed by atoms with van der Waals surface area (Å²) in [5, 5.41) is 2.43. The van der Waals surface area contributed by atoms with E-state index in [9.17, 15) is 14.0 Å². The van der Waals surface area contributed by atoms with Crippen LogP contribution in [0.15, 0.2) is 42.5 Å². The van der Waals surface area contributed by atoms with Crippen LogP contribution in [0.25, 0.3) is 0 Å². The summed E-state index contributed by atoms with van der Waals surface area (Å²) >= 11 is 0. The number of hydrogen-bond acceptors (Lipinski definition) is 5.